The van der Waals surface area contributed by atoms with Crippen molar-refractivity contribution >= 4 is 11.9 Å². The molecule has 0 spiro atoms. The van der Waals surface area contributed by atoms with Crippen LogP contribution in [0.15, 0.2) is 12.1 Å². The van der Waals surface area contributed by atoms with Gasteiger partial charge in [-0.25, -0.2) is 4.79 Å². The van der Waals surface area contributed by atoms with Gasteiger partial charge in [0.25, 0.3) is 0 Å². The second kappa shape index (κ2) is 7.85. The second-order valence-electron chi connectivity index (χ2n) is 7.48. The number of methoxy groups -OCH3 is 2. The predicted octanol–water partition coefficient (Wildman–Crippen LogP) is 2.25. The van der Waals surface area contributed by atoms with E-state index in [1.54, 1.807) is 19.1 Å². The van der Waals surface area contributed by atoms with Crippen LogP contribution in [0.25, 0.3) is 0 Å². The topological polar surface area (TPSA) is 79.9 Å². The SMILES string of the molecule is COc1cc2c(cc1OC)[C@@H](CNC(C)=O)N(C(=O)NC(C)(C)C)CC2. The zero-order valence-corrected chi connectivity index (χ0v) is 16.4. The molecule has 2 rings (SSSR count). The van der Waals surface area contributed by atoms with E-state index >= 15 is 0 Å². The van der Waals surface area contributed by atoms with Gasteiger partial charge in [-0.1, -0.05) is 0 Å². The zero-order valence-electron chi connectivity index (χ0n) is 16.4. The smallest absolute Gasteiger partial charge is 0.318 e. The highest BCUT2D eigenvalue weighted by atomic mass is 16.5. The normalized spacial score (nSPS) is 16.5. The summed E-state index contributed by atoms with van der Waals surface area (Å²) in [6.45, 7) is 8.21. The van der Waals surface area contributed by atoms with Gasteiger partial charge >= 0.3 is 6.03 Å². The molecular formula is C19H29N3O4. The van der Waals surface area contributed by atoms with Gasteiger partial charge < -0.3 is 25.0 Å². The Labute approximate surface area is 155 Å². The lowest BCUT2D eigenvalue weighted by atomic mass is 9.91. The van der Waals surface area contributed by atoms with Crippen LogP contribution in [0.1, 0.15) is 44.9 Å². The number of rotatable bonds is 4. The summed E-state index contributed by atoms with van der Waals surface area (Å²) in [6, 6.07) is 3.43. The van der Waals surface area contributed by atoms with Gasteiger partial charge in [0.15, 0.2) is 11.5 Å². The summed E-state index contributed by atoms with van der Waals surface area (Å²) in [6.07, 6.45) is 0.712. The van der Waals surface area contributed by atoms with Crippen LogP contribution in [-0.4, -0.2) is 49.7 Å². The van der Waals surface area contributed by atoms with Crippen molar-refractivity contribution in [1.29, 1.82) is 0 Å². The lowest BCUT2D eigenvalue weighted by Gasteiger charge is -2.39. The van der Waals surface area contributed by atoms with E-state index < -0.39 is 0 Å². The van der Waals surface area contributed by atoms with E-state index in [4.69, 9.17) is 9.47 Å². The third-order valence-corrected chi connectivity index (χ3v) is 4.29. The first kappa shape index (κ1) is 19.9. The molecule has 144 valence electrons. The zero-order chi connectivity index (χ0) is 19.5. The third-order valence-electron chi connectivity index (χ3n) is 4.29. The monoisotopic (exact) mass is 363 g/mol. The Hall–Kier alpha value is -2.44. The van der Waals surface area contributed by atoms with Crippen LogP contribution in [0, 0.1) is 0 Å². The summed E-state index contributed by atoms with van der Waals surface area (Å²) in [4.78, 5) is 26.0. The van der Waals surface area contributed by atoms with Crippen LogP contribution in [0.5, 0.6) is 11.5 Å². The van der Waals surface area contributed by atoms with Gasteiger partial charge in [0.2, 0.25) is 5.91 Å². The Bertz CT molecular complexity index is 682. The summed E-state index contributed by atoms with van der Waals surface area (Å²) in [5.74, 6) is 1.14. The number of nitrogens with one attached hydrogen (secondary N) is 2. The molecule has 0 aliphatic carbocycles. The molecular weight excluding hydrogens is 334 g/mol. The van der Waals surface area contributed by atoms with Crippen molar-refractivity contribution in [3.05, 3.63) is 23.3 Å². The minimum atomic E-state index is -0.340. The van der Waals surface area contributed by atoms with E-state index in [9.17, 15) is 9.59 Å². The molecule has 0 saturated carbocycles. The van der Waals surface area contributed by atoms with Crippen molar-refractivity contribution in [1.82, 2.24) is 15.5 Å². The molecule has 1 aliphatic rings. The van der Waals surface area contributed by atoms with Gasteiger partial charge in [-0.05, 0) is 50.5 Å². The summed E-state index contributed by atoms with van der Waals surface area (Å²) in [5.41, 5.74) is 1.72. The van der Waals surface area contributed by atoms with Crippen molar-refractivity contribution in [2.24, 2.45) is 0 Å². The maximum Gasteiger partial charge on any atom is 0.318 e. The predicted molar refractivity (Wildman–Crippen MR) is 99.7 cm³/mol. The van der Waals surface area contributed by atoms with E-state index in [0.717, 1.165) is 11.1 Å². The van der Waals surface area contributed by atoms with Crippen molar-refractivity contribution in [2.75, 3.05) is 27.3 Å². The number of ether oxygens (including phenoxy) is 2. The number of hydrogen-bond donors (Lipinski definition) is 2. The van der Waals surface area contributed by atoms with Gasteiger partial charge in [-0.3, -0.25) is 4.79 Å². The molecule has 26 heavy (non-hydrogen) atoms. The highest BCUT2D eigenvalue weighted by molar-refractivity contribution is 5.77. The first-order chi connectivity index (χ1) is 12.2. The van der Waals surface area contributed by atoms with Crippen LogP contribution >= 0.6 is 0 Å². The molecule has 1 aromatic rings. The first-order valence-electron chi connectivity index (χ1n) is 8.74. The molecule has 0 unspecified atom stereocenters. The first-order valence-corrected chi connectivity index (χ1v) is 8.74. The summed E-state index contributed by atoms with van der Waals surface area (Å²) < 4.78 is 10.8. The Morgan fingerprint density at radius 2 is 1.81 bits per heavy atom. The quantitative estimate of drug-likeness (QED) is 0.860. The van der Waals surface area contributed by atoms with Crippen molar-refractivity contribution in [2.45, 2.75) is 45.7 Å². The van der Waals surface area contributed by atoms with Gasteiger partial charge in [0.05, 0.1) is 20.3 Å². The number of carbonyl (C=O) groups excluding carboxylic acids is 2. The molecule has 0 saturated heterocycles. The molecule has 7 heteroatoms. The van der Waals surface area contributed by atoms with Crippen LogP contribution in [0.4, 0.5) is 4.79 Å². The van der Waals surface area contributed by atoms with Gasteiger partial charge in [0, 0.05) is 25.6 Å². The minimum Gasteiger partial charge on any atom is -0.493 e. The van der Waals surface area contributed by atoms with Crippen LogP contribution in [0.3, 0.4) is 0 Å². The molecule has 0 radical (unpaired) electrons. The van der Waals surface area contributed by atoms with E-state index in [1.165, 1.54) is 6.92 Å². The Kier molecular flexibility index (Phi) is 6.00. The summed E-state index contributed by atoms with van der Waals surface area (Å²) >= 11 is 0. The number of amides is 3. The van der Waals surface area contributed by atoms with E-state index in [1.807, 2.05) is 32.9 Å². The van der Waals surface area contributed by atoms with E-state index in [-0.39, 0.29) is 23.5 Å². The molecule has 1 heterocycles. The summed E-state index contributed by atoms with van der Waals surface area (Å²) in [5, 5.41) is 5.84. The van der Waals surface area contributed by atoms with Crippen LogP contribution in [-0.2, 0) is 11.2 Å². The largest absolute Gasteiger partial charge is 0.493 e. The number of urea groups is 1. The van der Waals surface area contributed by atoms with Crippen molar-refractivity contribution in [3.63, 3.8) is 0 Å². The number of carbonyl (C=O) groups is 2. The maximum absolute atomic E-state index is 12.8. The molecule has 7 nitrogen and oxygen atoms in total. The molecule has 0 bridgehead atoms. The highest BCUT2D eigenvalue weighted by Gasteiger charge is 2.33. The fourth-order valence-electron chi connectivity index (χ4n) is 3.12. The third kappa shape index (κ3) is 4.59. The number of hydrogen-bond acceptors (Lipinski definition) is 4. The second-order valence-corrected chi connectivity index (χ2v) is 7.48. The van der Waals surface area contributed by atoms with Crippen LogP contribution < -0.4 is 20.1 Å². The van der Waals surface area contributed by atoms with Crippen LogP contribution in [0.2, 0.25) is 0 Å². The van der Waals surface area contributed by atoms with E-state index in [2.05, 4.69) is 10.6 Å². The average molecular weight is 363 g/mol. The molecule has 2 N–H and O–H groups in total. The molecule has 1 aromatic carbocycles. The number of nitrogens with zero attached hydrogens (tertiary/aromatic N) is 1. The van der Waals surface area contributed by atoms with Crippen molar-refractivity contribution in [3.8, 4) is 11.5 Å². The molecule has 1 atom stereocenters. The highest BCUT2D eigenvalue weighted by Crippen LogP contribution is 2.38. The molecule has 0 fully saturated rings. The fraction of sp³-hybridized carbons (Fsp3) is 0.579. The fourth-order valence-corrected chi connectivity index (χ4v) is 3.12. The maximum atomic E-state index is 12.8. The number of benzene rings is 1. The van der Waals surface area contributed by atoms with E-state index in [0.29, 0.717) is 31.0 Å². The number of fused-ring (bicyclic) bond motifs is 1. The Balaban J connectivity index is 2.41. The Morgan fingerprint density at radius 1 is 1.19 bits per heavy atom. The standard InChI is InChI=1S/C19H29N3O4/c1-12(23)20-11-15-14-10-17(26-6)16(25-5)9-13(14)7-8-22(15)18(24)21-19(2,3)4/h9-10,15H,7-8,11H2,1-6H3,(H,20,23)(H,21,24)/t15-/m1/s1. The Morgan fingerprint density at radius 3 is 2.35 bits per heavy atom. The lowest BCUT2D eigenvalue weighted by Crippen LogP contribution is -2.53. The van der Waals surface area contributed by atoms with Gasteiger partial charge in [-0.2, -0.15) is 0 Å². The molecule has 1 aliphatic heterocycles. The lowest BCUT2D eigenvalue weighted by molar-refractivity contribution is -0.119. The molecule has 3 amide bonds. The molecule has 0 aromatic heterocycles. The van der Waals surface area contributed by atoms with Gasteiger partial charge in [0.1, 0.15) is 0 Å². The minimum absolute atomic E-state index is 0.131. The van der Waals surface area contributed by atoms with Crippen molar-refractivity contribution < 1.29 is 19.1 Å². The average Bonchev–Trinajstić information content (AvgIpc) is 2.56. The summed E-state index contributed by atoms with van der Waals surface area (Å²) in [7, 11) is 3.19. The van der Waals surface area contributed by atoms with Gasteiger partial charge in [-0.15, -0.1) is 0 Å².